The number of carboxylic acid groups (broad SMARTS) is 1. The summed E-state index contributed by atoms with van der Waals surface area (Å²) in [6, 6.07) is 0.142. The average molecular weight is 228 g/mol. The number of piperidine rings is 1. The Kier molecular flexibility index (Phi) is 3.17. The highest BCUT2D eigenvalue weighted by Gasteiger charge is 2.31. The average Bonchev–Trinajstić information content (AvgIpc) is 2.30. The van der Waals surface area contributed by atoms with E-state index in [0.717, 1.165) is 13.0 Å². The Morgan fingerprint density at radius 3 is 2.56 bits per heavy atom. The topological polar surface area (TPSA) is 70.1 Å². The van der Waals surface area contributed by atoms with E-state index in [4.69, 9.17) is 9.84 Å². The molecule has 0 radical (unpaired) electrons. The number of nitrogens with zero attached hydrogens (tertiary/aromatic N) is 2. The minimum absolute atomic E-state index is 0.142. The summed E-state index contributed by atoms with van der Waals surface area (Å²) in [5, 5.41) is 8.81. The summed E-state index contributed by atoms with van der Waals surface area (Å²) in [7, 11) is 0. The highest BCUT2D eigenvalue weighted by atomic mass is 16.6. The van der Waals surface area contributed by atoms with Gasteiger partial charge in [-0.1, -0.05) is 0 Å². The van der Waals surface area contributed by atoms with Crippen molar-refractivity contribution in [2.45, 2.75) is 25.3 Å². The zero-order chi connectivity index (χ0) is 11.5. The lowest BCUT2D eigenvalue weighted by atomic mass is 10.0. The van der Waals surface area contributed by atoms with Crippen LogP contribution in [0.1, 0.15) is 19.3 Å². The van der Waals surface area contributed by atoms with Crippen molar-refractivity contribution < 1.29 is 19.4 Å². The Hall–Kier alpha value is -1.46. The molecule has 0 atom stereocenters. The van der Waals surface area contributed by atoms with Crippen molar-refractivity contribution in [1.82, 2.24) is 9.80 Å². The van der Waals surface area contributed by atoms with Gasteiger partial charge in [-0.05, 0) is 19.3 Å². The van der Waals surface area contributed by atoms with E-state index in [9.17, 15) is 9.59 Å². The fraction of sp³-hybridized carbons (Fsp3) is 0.800. The van der Waals surface area contributed by atoms with Crippen molar-refractivity contribution in [2.75, 3.05) is 26.2 Å². The van der Waals surface area contributed by atoms with Crippen LogP contribution in [0, 0.1) is 0 Å². The largest absolute Gasteiger partial charge is 0.465 e. The summed E-state index contributed by atoms with van der Waals surface area (Å²) in [4.78, 5) is 25.3. The fourth-order valence-corrected chi connectivity index (χ4v) is 2.27. The van der Waals surface area contributed by atoms with Gasteiger partial charge in [0, 0.05) is 25.7 Å². The molecule has 0 bridgehead atoms. The molecule has 90 valence electrons. The summed E-state index contributed by atoms with van der Waals surface area (Å²) < 4.78 is 4.98. The zero-order valence-electron chi connectivity index (χ0n) is 9.09. The second kappa shape index (κ2) is 4.59. The molecule has 2 aliphatic rings. The predicted octanol–water partition coefficient (Wildman–Crippen LogP) is 0.971. The standard InChI is InChI=1S/C10H16N2O4/c13-9(14)11-5-2-8(3-6-11)12-4-1-7-16-10(12)15/h8H,1-7H2,(H,13,14). The molecule has 0 aromatic carbocycles. The smallest absolute Gasteiger partial charge is 0.410 e. The van der Waals surface area contributed by atoms with Crippen molar-refractivity contribution in [3.8, 4) is 0 Å². The van der Waals surface area contributed by atoms with Gasteiger partial charge in [0.2, 0.25) is 0 Å². The van der Waals surface area contributed by atoms with Crippen LogP contribution >= 0.6 is 0 Å². The molecule has 0 spiro atoms. The van der Waals surface area contributed by atoms with Crippen molar-refractivity contribution in [3.05, 3.63) is 0 Å². The first-order chi connectivity index (χ1) is 7.68. The van der Waals surface area contributed by atoms with Crippen LogP contribution in [-0.4, -0.2) is 59.4 Å². The van der Waals surface area contributed by atoms with Gasteiger partial charge < -0.3 is 19.6 Å². The lowest BCUT2D eigenvalue weighted by Crippen LogP contribution is -2.50. The van der Waals surface area contributed by atoms with Crippen LogP contribution in [0.5, 0.6) is 0 Å². The number of hydrogen-bond donors (Lipinski definition) is 1. The molecule has 0 aliphatic carbocycles. The van der Waals surface area contributed by atoms with E-state index < -0.39 is 6.09 Å². The minimum atomic E-state index is -0.875. The molecule has 2 fully saturated rings. The zero-order valence-corrected chi connectivity index (χ0v) is 9.09. The van der Waals surface area contributed by atoms with E-state index in [1.54, 1.807) is 4.90 Å². The molecule has 6 heteroatoms. The molecule has 2 aliphatic heterocycles. The third kappa shape index (κ3) is 2.20. The minimum Gasteiger partial charge on any atom is -0.465 e. The molecule has 2 heterocycles. The number of cyclic esters (lactones) is 1. The number of amides is 2. The Morgan fingerprint density at radius 2 is 2.00 bits per heavy atom. The predicted molar refractivity (Wildman–Crippen MR) is 55.3 cm³/mol. The molecule has 0 aromatic heterocycles. The second-order valence-corrected chi connectivity index (χ2v) is 4.16. The molecule has 0 saturated carbocycles. The summed E-state index contributed by atoms with van der Waals surface area (Å²) >= 11 is 0. The van der Waals surface area contributed by atoms with Gasteiger partial charge in [-0.2, -0.15) is 0 Å². The number of likely N-dealkylation sites (tertiary alicyclic amines) is 1. The summed E-state index contributed by atoms with van der Waals surface area (Å²) in [6.45, 7) is 2.24. The van der Waals surface area contributed by atoms with E-state index in [-0.39, 0.29) is 12.1 Å². The van der Waals surface area contributed by atoms with Crippen LogP contribution in [0.4, 0.5) is 9.59 Å². The summed E-state index contributed by atoms with van der Waals surface area (Å²) in [6.07, 6.45) is 1.16. The highest BCUT2D eigenvalue weighted by molar-refractivity contribution is 5.69. The first-order valence-electron chi connectivity index (χ1n) is 5.60. The van der Waals surface area contributed by atoms with Crippen LogP contribution < -0.4 is 0 Å². The van der Waals surface area contributed by atoms with Gasteiger partial charge in [-0.3, -0.25) is 0 Å². The number of ether oxygens (including phenoxy) is 1. The van der Waals surface area contributed by atoms with Crippen LogP contribution in [0.3, 0.4) is 0 Å². The van der Waals surface area contributed by atoms with Crippen molar-refractivity contribution >= 4 is 12.2 Å². The third-order valence-corrected chi connectivity index (χ3v) is 3.18. The molecule has 0 unspecified atom stereocenters. The van der Waals surface area contributed by atoms with Crippen molar-refractivity contribution in [1.29, 1.82) is 0 Å². The SMILES string of the molecule is O=C(O)N1CCC(N2CCCOC2=O)CC1. The van der Waals surface area contributed by atoms with Crippen molar-refractivity contribution in [3.63, 3.8) is 0 Å². The van der Waals surface area contributed by atoms with E-state index in [1.807, 2.05) is 0 Å². The Morgan fingerprint density at radius 1 is 1.31 bits per heavy atom. The molecule has 2 amide bonds. The third-order valence-electron chi connectivity index (χ3n) is 3.18. The van der Waals surface area contributed by atoms with Gasteiger partial charge in [0.05, 0.1) is 6.61 Å². The van der Waals surface area contributed by atoms with E-state index >= 15 is 0 Å². The monoisotopic (exact) mass is 228 g/mol. The second-order valence-electron chi connectivity index (χ2n) is 4.16. The summed E-state index contributed by atoms with van der Waals surface area (Å²) in [5.74, 6) is 0. The molecular weight excluding hydrogens is 212 g/mol. The van der Waals surface area contributed by atoms with Crippen LogP contribution in [0.15, 0.2) is 0 Å². The molecular formula is C10H16N2O4. The van der Waals surface area contributed by atoms with Gasteiger partial charge in [0.1, 0.15) is 0 Å². The van der Waals surface area contributed by atoms with Gasteiger partial charge in [-0.25, -0.2) is 9.59 Å². The van der Waals surface area contributed by atoms with E-state index in [1.165, 1.54) is 4.90 Å². The molecule has 2 rings (SSSR count). The quantitative estimate of drug-likeness (QED) is 0.726. The first kappa shape index (κ1) is 11.0. The Bertz CT molecular complexity index is 287. The first-order valence-corrected chi connectivity index (χ1v) is 5.60. The number of carbonyl (C=O) groups excluding carboxylic acids is 1. The number of hydrogen-bond acceptors (Lipinski definition) is 3. The number of rotatable bonds is 1. The van der Waals surface area contributed by atoms with E-state index in [0.29, 0.717) is 32.5 Å². The maximum absolute atomic E-state index is 11.5. The number of carbonyl (C=O) groups is 2. The van der Waals surface area contributed by atoms with Crippen molar-refractivity contribution in [2.24, 2.45) is 0 Å². The van der Waals surface area contributed by atoms with Gasteiger partial charge in [0.15, 0.2) is 0 Å². The maximum Gasteiger partial charge on any atom is 0.410 e. The molecule has 16 heavy (non-hydrogen) atoms. The van der Waals surface area contributed by atoms with Crippen LogP contribution in [-0.2, 0) is 4.74 Å². The highest BCUT2D eigenvalue weighted by Crippen LogP contribution is 2.19. The van der Waals surface area contributed by atoms with Gasteiger partial charge >= 0.3 is 12.2 Å². The lowest BCUT2D eigenvalue weighted by molar-refractivity contribution is 0.0385. The van der Waals surface area contributed by atoms with E-state index in [2.05, 4.69) is 0 Å². The Balaban J connectivity index is 1.88. The summed E-state index contributed by atoms with van der Waals surface area (Å²) in [5.41, 5.74) is 0. The Labute approximate surface area is 93.8 Å². The normalized spacial score (nSPS) is 23.1. The molecule has 0 aromatic rings. The molecule has 2 saturated heterocycles. The molecule has 1 N–H and O–H groups in total. The molecule has 6 nitrogen and oxygen atoms in total. The van der Waals surface area contributed by atoms with Gasteiger partial charge in [0.25, 0.3) is 0 Å². The van der Waals surface area contributed by atoms with Gasteiger partial charge in [-0.15, -0.1) is 0 Å². The lowest BCUT2D eigenvalue weighted by Gasteiger charge is -2.38. The van der Waals surface area contributed by atoms with Crippen LogP contribution in [0.2, 0.25) is 0 Å². The maximum atomic E-state index is 11.5. The van der Waals surface area contributed by atoms with Crippen LogP contribution in [0.25, 0.3) is 0 Å². The fourth-order valence-electron chi connectivity index (χ4n) is 2.27.